The Morgan fingerprint density at radius 1 is 1.33 bits per heavy atom. The molecule has 0 saturated carbocycles. The molecule has 0 aliphatic carbocycles. The molecule has 2 N–H and O–H groups in total. The Balaban J connectivity index is 1.82. The highest BCUT2D eigenvalue weighted by Crippen LogP contribution is 2.28. The van der Waals surface area contributed by atoms with Crippen LogP contribution < -0.4 is 10.1 Å². The minimum atomic E-state index is -0.940. The number of thiazole rings is 1. The van der Waals surface area contributed by atoms with Crippen molar-refractivity contribution in [2.75, 3.05) is 18.5 Å². The van der Waals surface area contributed by atoms with Crippen molar-refractivity contribution in [1.29, 1.82) is 0 Å². The second-order valence-corrected chi connectivity index (χ2v) is 7.27. The molecule has 130 valence electrons. The summed E-state index contributed by atoms with van der Waals surface area (Å²) in [6.07, 6.45) is 1.09. The zero-order chi connectivity index (χ0) is 17.7. The van der Waals surface area contributed by atoms with Crippen LogP contribution in [-0.2, 0) is 5.41 Å². The number of nitrogens with one attached hydrogen (secondary N) is 1. The summed E-state index contributed by atoms with van der Waals surface area (Å²) in [6, 6.07) is 8.19. The topological polar surface area (TPSA) is 71.5 Å². The van der Waals surface area contributed by atoms with Gasteiger partial charge in [0.25, 0.3) is 0 Å². The number of carboxylic acid groups (broad SMARTS) is 1. The summed E-state index contributed by atoms with van der Waals surface area (Å²) in [5.74, 6) is -0.113. The number of rotatable bonds is 8. The summed E-state index contributed by atoms with van der Waals surface area (Å²) >= 11 is 1.14. The van der Waals surface area contributed by atoms with Crippen molar-refractivity contribution in [2.24, 2.45) is 0 Å². The summed E-state index contributed by atoms with van der Waals surface area (Å²) in [4.78, 5) is 15.5. The predicted molar refractivity (Wildman–Crippen MR) is 97.6 cm³/mol. The van der Waals surface area contributed by atoms with Gasteiger partial charge in [0.15, 0.2) is 5.13 Å². The van der Waals surface area contributed by atoms with Gasteiger partial charge in [0.05, 0.1) is 12.2 Å². The standard InChI is InChI=1S/C18H24N2O3S/c1-5-18(3,4)13-6-8-14(9-7-13)23-11-10-19-17-20-12(2)15(24-17)16(21)22/h6-9H,5,10-11H2,1-4H3,(H,19,20)(H,21,22). The predicted octanol–water partition coefficient (Wildman–Crippen LogP) is 4.33. The van der Waals surface area contributed by atoms with Crippen LogP contribution in [0.1, 0.15) is 48.1 Å². The van der Waals surface area contributed by atoms with Crippen LogP contribution >= 0.6 is 11.3 Å². The van der Waals surface area contributed by atoms with Crippen LogP contribution in [0.4, 0.5) is 5.13 Å². The Labute approximate surface area is 146 Å². The Morgan fingerprint density at radius 2 is 2.00 bits per heavy atom. The van der Waals surface area contributed by atoms with Gasteiger partial charge in [-0.25, -0.2) is 9.78 Å². The highest BCUT2D eigenvalue weighted by molar-refractivity contribution is 7.17. The first-order valence-electron chi connectivity index (χ1n) is 8.01. The lowest BCUT2D eigenvalue weighted by Gasteiger charge is -2.23. The summed E-state index contributed by atoms with van der Waals surface area (Å²) in [6.45, 7) is 9.39. The number of nitrogens with zero attached hydrogens (tertiary/aromatic N) is 1. The maximum Gasteiger partial charge on any atom is 0.347 e. The molecule has 0 aliphatic rings. The maximum atomic E-state index is 11.0. The van der Waals surface area contributed by atoms with Crippen molar-refractivity contribution in [3.05, 3.63) is 40.4 Å². The fourth-order valence-electron chi connectivity index (χ4n) is 2.20. The molecule has 0 radical (unpaired) electrons. The van der Waals surface area contributed by atoms with E-state index in [4.69, 9.17) is 9.84 Å². The van der Waals surface area contributed by atoms with Crippen LogP contribution in [0, 0.1) is 6.92 Å². The van der Waals surface area contributed by atoms with Gasteiger partial charge >= 0.3 is 5.97 Å². The first-order valence-corrected chi connectivity index (χ1v) is 8.83. The number of benzene rings is 1. The van der Waals surface area contributed by atoms with Gasteiger partial charge < -0.3 is 15.2 Å². The van der Waals surface area contributed by atoms with Crippen molar-refractivity contribution < 1.29 is 14.6 Å². The minimum Gasteiger partial charge on any atom is -0.492 e. The lowest BCUT2D eigenvalue weighted by atomic mass is 9.82. The van der Waals surface area contributed by atoms with Crippen LogP contribution in [0.3, 0.4) is 0 Å². The van der Waals surface area contributed by atoms with Crippen LogP contribution in [0.25, 0.3) is 0 Å². The highest BCUT2D eigenvalue weighted by atomic mass is 32.1. The normalized spacial score (nSPS) is 11.3. The maximum absolute atomic E-state index is 11.0. The lowest BCUT2D eigenvalue weighted by molar-refractivity contribution is 0.0701. The van der Waals surface area contributed by atoms with E-state index < -0.39 is 5.97 Å². The quantitative estimate of drug-likeness (QED) is 0.695. The molecule has 2 aromatic rings. The average Bonchev–Trinajstić information content (AvgIpc) is 2.93. The first-order chi connectivity index (χ1) is 11.3. The van der Waals surface area contributed by atoms with Crippen molar-refractivity contribution in [3.8, 4) is 5.75 Å². The number of hydrogen-bond donors (Lipinski definition) is 2. The van der Waals surface area contributed by atoms with Crippen molar-refractivity contribution in [3.63, 3.8) is 0 Å². The van der Waals surface area contributed by atoms with Gasteiger partial charge in [0, 0.05) is 0 Å². The van der Waals surface area contributed by atoms with Crippen LogP contribution in [-0.4, -0.2) is 29.2 Å². The molecule has 0 amide bonds. The summed E-state index contributed by atoms with van der Waals surface area (Å²) in [7, 11) is 0. The number of aromatic carboxylic acids is 1. The first kappa shape index (κ1) is 18.3. The molecular weight excluding hydrogens is 324 g/mol. The molecule has 0 spiro atoms. The SMILES string of the molecule is CCC(C)(C)c1ccc(OCCNc2nc(C)c(C(=O)O)s2)cc1. The molecule has 6 heteroatoms. The van der Waals surface area contributed by atoms with Gasteiger partial charge in [-0.2, -0.15) is 0 Å². The molecule has 0 saturated heterocycles. The van der Waals surface area contributed by atoms with E-state index in [1.165, 1.54) is 5.56 Å². The largest absolute Gasteiger partial charge is 0.492 e. The second kappa shape index (κ2) is 7.66. The van der Waals surface area contributed by atoms with Gasteiger partial charge in [0.1, 0.15) is 17.2 Å². The second-order valence-electron chi connectivity index (χ2n) is 6.28. The molecular formula is C18H24N2O3S. The average molecular weight is 348 g/mol. The monoisotopic (exact) mass is 348 g/mol. The minimum absolute atomic E-state index is 0.171. The van der Waals surface area contributed by atoms with E-state index in [0.29, 0.717) is 24.0 Å². The number of aryl methyl sites for hydroxylation is 1. The van der Waals surface area contributed by atoms with E-state index in [1.807, 2.05) is 12.1 Å². The van der Waals surface area contributed by atoms with E-state index in [2.05, 4.69) is 43.2 Å². The summed E-state index contributed by atoms with van der Waals surface area (Å²) in [5, 5.41) is 12.7. The Hall–Kier alpha value is -2.08. The van der Waals surface area contributed by atoms with Crippen molar-refractivity contribution in [2.45, 2.75) is 39.5 Å². The van der Waals surface area contributed by atoms with E-state index in [0.717, 1.165) is 23.5 Å². The van der Waals surface area contributed by atoms with Gasteiger partial charge in [-0.3, -0.25) is 0 Å². The molecule has 0 aliphatic heterocycles. The molecule has 1 heterocycles. The molecule has 5 nitrogen and oxygen atoms in total. The van der Waals surface area contributed by atoms with E-state index >= 15 is 0 Å². The number of hydrogen-bond acceptors (Lipinski definition) is 5. The Bertz CT molecular complexity index is 693. The fourth-order valence-corrected chi connectivity index (χ4v) is 3.03. The number of ether oxygens (including phenoxy) is 1. The molecule has 0 atom stereocenters. The fraction of sp³-hybridized carbons (Fsp3) is 0.444. The molecule has 0 fully saturated rings. The zero-order valence-electron chi connectivity index (χ0n) is 14.5. The van der Waals surface area contributed by atoms with Gasteiger partial charge in [-0.05, 0) is 36.5 Å². The lowest BCUT2D eigenvalue weighted by Crippen LogP contribution is -2.15. The van der Waals surface area contributed by atoms with E-state index in [1.54, 1.807) is 6.92 Å². The molecule has 2 rings (SSSR count). The smallest absolute Gasteiger partial charge is 0.347 e. The van der Waals surface area contributed by atoms with E-state index in [9.17, 15) is 4.79 Å². The number of carboxylic acids is 1. The molecule has 1 aromatic heterocycles. The summed E-state index contributed by atoms with van der Waals surface area (Å²) < 4.78 is 5.71. The Morgan fingerprint density at radius 3 is 2.54 bits per heavy atom. The van der Waals surface area contributed by atoms with Crippen molar-refractivity contribution in [1.82, 2.24) is 4.98 Å². The molecule has 0 unspecified atom stereocenters. The van der Waals surface area contributed by atoms with E-state index in [-0.39, 0.29) is 10.3 Å². The van der Waals surface area contributed by atoms with Gasteiger partial charge in [0.2, 0.25) is 0 Å². The number of carbonyl (C=O) groups is 1. The number of aromatic nitrogens is 1. The van der Waals surface area contributed by atoms with Crippen LogP contribution in [0.2, 0.25) is 0 Å². The third-order valence-corrected chi connectivity index (χ3v) is 5.26. The third-order valence-electron chi connectivity index (χ3n) is 4.16. The van der Waals surface area contributed by atoms with Crippen LogP contribution in [0.15, 0.2) is 24.3 Å². The molecule has 1 aromatic carbocycles. The van der Waals surface area contributed by atoms with Gasteiger partial charge in [-0.1, -0.05) is 44.2 Å². The molecule has 24 heavy (non-hydrogen) atoms. The summed E-state index contributed by atoms with van der Waals surface area (Å²) in [5.41, 5.74) is 2.00. The third kappa shape index (κ3) is 4.47. The zero-order valence-corrected chi connectivity index (χ0v) is 15.4. The van der Waals surface area contributed by atoms with Crippen molar-refractivity contribution >= 4 is 22.4 Å². The van der Waals surface area contributed by atoms with Gasteiger partial charge in [-0.15, -0.1) is 0 Å². The Kier molecular flexibility index (Phi) is 5.83. The highest BCUT2D eigenvalue weighted by Gasteiger charge is 2.17. The van der Waals surface area contributed by atoms with Crippen LogP contribution in [0.5, 0.6) is 5.75 Å². The number of anilines is 1. The molecule has 0 bridgehead atoms.